The molecule has 3 N–H and O–H groups in total. The molecule has 0 aliphatic carbocycles. The van der Waals surface area contributed by atoms with Gasteiger partial charge in [0, 0.05) is 23.5 Å². The average Bonchev–Trinajstić information content (AvgIpc) is 2.73. The maximum Gasteiger partial charge on any atom is 0.0997 e. The molecule has 16 heavy (non-hydrogen) atoms. The third kappa shape index (κ3) is 1.82. The predicted octanol–water partition coefficient (Wildman–Crippen LogP) is 1.02. The lowest BCUT2D eigenvalue weighted by atomic mass is 10.0. The van der Waals surface area contributed by atoms with Crippen molar-refractivity contribution in [1.82, 2.24) is 15.2 Å². The normalized spacial score (nSPS) is 12.7. The fourth-order valence-electron chi connectivity index (χ4n) is 1.68. The summed E-state index contributed by atoms with van der Waals surface area (Å²) in [5.74, 6) is 0. The Balaban J connectivity index is 2.53. The number of nitrogens with one attached hydrogen (secondary N) is 1. The molecule has 0 saturated heterocycles. The third-order valence-electron chi connectivity index (χ3n) is 2.39. The van der Waals surface area contributed by atoms with E-state index in [0.29, 0.717) is 17.0 Å². The molecule has 0 spiro atoms. The second kappa shape index (κ2) is 4.42. The van der Waals surface area contributed by atoms with Crippen LogP contribution < -0.4 is 0 Å². The van der Waals surface area contributed by atoms with Gasteiger partial charge in [0.25, 0.3) is 0 Å². The van der Waals surface area contributed by atoms with Gasteiger partial charge in [-0.3, -0.25) is 10.1 Å². The quantitative estimate of drug-likeness (QED) is 0.719. The van der Waals surface area contributed by atoms with Crippen molar-refractivity contribution >= 4 is 0 Å². The number of pyridine rings is 1. The largest absolute Gasteiger partial charge is 0.390 e. The van der Waals surface area contributed by atoms with E-state index in [0.717, 1.165) is 5.56 Å². The summed E-state index contributed by atoms with van der Waals surface area (Å²) in [5, 5.41) is 25.6. The Morgan fingerprint density at radius 3 is 2.88 bits per heavy atom. The van der Waals surface area contributed by atoms with Gasteiger partial charge in [-0.1, -0.05) is 0 Å². The number of H-pyrrole nitrogens is 1. The second-order valence-electron chi connectivity index (χ2n) is 3.54. The van der Waals surface area contributed by atoms with E-state index in [9.17, 15) is 5.11 Å². The molecule has 84 valence electrons. The first-order valence-electron chi connectivity index (χ1n) is 5.00. The van der Waals surface area contributed by atoms with Gasteiger partial charge in [0.05, 0.1) is 24.1 Å². The summed E-state index contributed by atoms with van der Waals surface area (Å²) in [4.78, 5) is 4.00. The lowest BCUT2D eigenvalue weighted by molar-refractivity contribution is 0.194. The molecular weight excluding hydrogens is 206 g/mol. The maximum absolute atomic E-state index is 9.68. The van der Waals surface area contributed by atoms with Gasteiger partial charge < -0.3 is 10.2 Å². The summed E-state index contributed by atoms with van der Waals surface area (Å²) in [7, 11) is 0. The van der Waals surface area contributed by atoms with E-state index in [1.54, 1.807) is 25.4 Å². The van der Waals surface area contributed by atoms with Crippen LogP contribution in [0.15, 0.2) is 24.5 Å². The molecule has 0 aliphatic heterocycles. The molecule has 0 aliphatic rings. The molecule has 1 unspecified atom stereocenters. The van der Waals surface area contributed by atoms with Crippen molar-refractivity contribution in [2.24, 2.45) is 0 Å². The van der Waals surface area contributed by atoms with Gasteiger partial charge >= 0.3 is 0 Å². The van der Waals surface area contributed by atoms with Crippen LogP contribution in [0.1, 0.15) is 24.3 Å². The minimum atomic E-state index is -0.684. The zero-order chi connectivity index (χ0) is 11.5. The van der Waals surface area contributed by atoms with E-state index in [1.807, 2.05) is 6.07 Å². The summed E-state index contributed by atoms with van der Waals surface area (Å²) >= 11 is 0. The van der Waals surface area contributed by atoms with Crippen LogP contribution >= 0.6 is 0 Å². The zero-order valence-electron chi connectivity index (χ0n) is 8.88. The fourth-order valence-corrected chi connectivity index (χ4v) is 1.68. The van der Waals surface area contributed by atoms with E-state index in [-0.39, 0.29) is 6.61 Å². The predicted molar refractivity (Wildman–Crippen MR) is 58.4 cm³/mol. The number of hydrogen-bond acceptors (Lipinski definition) is 4. The Morgan fingerprint density at radius 1 is 1.50 bits per heavy atom. The summed E-state index contributed by atoms with van der Waals surface area (Å²) < 4.78 is 0. The SMILES string of the molecule is CC(O)c1c(-c2cccnc2)n[nH]c1CO. The van der Waals surface area contributed by atoms with E-state index in [2.05, 4.69) is 15.2 Å². The highest BCUT2D eigenvalue weighted by Crippen LogP contribution is 2.28. The maximum atomic E-state index is 9.68. The third-order valence-corrected chi connectivity index (χ3v) is 2.39. The van der Waals surface area contributed by atoms with Gasteiger partial charge in [-0.15, -0.1) is 0 Å². The fraction of sp³-hybridized carbons (Fsp3) is 0.273. The number of aromatic amines is 1. The minimum absolute atomic E-state index is 0.173. The van der Waals surface area contributed by atoms with Crippen LogP contribution in [0.25, 0.3) is 11.3 Å². The van der Waals surface area contributed by atoms with Crippen LogP contribution in [0.5, 0.6) is 0 Å². The highest BCUT2D eigenvalue weighted by molar-refractivity contribution is 5.63. The van der Waals surface area contributed by atoms with Crippen molar-refractivity contribution < 1.29 is 10.2 Å². The Bertz CT molecular complexity index is 465. The number of aliphatic hydroxyl groups is 2. The van der Waals surface area contributed by atoms with Crippen molar-refractivity contribution in [3.8, 4) is 11.3 Å². The lowest BCUT2D eigenvalue weighted by Crippen LogP contribution is -1.97. The summed E-state index contributed by atoms with van der Waals surface area (Å²) in [6, 6.07) is 3.66. The molecule has 2 aromatic heterocycles. The molecule has 2 heterocycles. The van der Waals surface area contributed by atoms with E-state index in [1.165, 1.54) is 0 Å². The first-order chi connectivity index (χ1) is 7.74. The highest BCUT2D eigenvalue weighted by atomic mass is 16.3. The summed E-state index contributed by atoms with van der Waals surface area (Å²) in [5.41, 5.74) is 2.60. The van der Waals surface area contributed by atoms with Crippen molar-refractivity contribution in [1.29, 1.82) is 0 Å². The Labute approximate surface area is 92.8 Å². The monoisotopic (exact) mass is 219 g/mol. The van der Waals surface area contributed by atoms with Crippen LogP contribution in [0.3, 0.4) is 0 Å². The molecule has 1 atom stereocenters. The van der Waals surface area contributed by atoms with Crippen molar-refractivity contribution in [2.75, 3.05) is 0 Å². The first kappa shape index (κ1) is 10.8. The molecule has 0 saturated carbocycles. The van der Waals surface area contributed by atoms with Gasteiger partial charge in [0.1, 0.15) is 0 Å². The van der Waals surface area contributed by atoms with Gasteiger partial charge in [-0.05, 0) is 19.1 Å². The molecular formula is C11H13N3O2. The van der Waals surface area contributed by atoms with E-state index >= 15 is 0 Å². The molecule has 0 aromatic carbocycles. The first-order valence-corrected chi connectivity index (χ1v) is 5.00. The average molecular weight is 219 g/mol. The summed E-state index contributed by atoms with van der Waals surface area (Å²) in [6.07, 6.45) is 2.66. The number of aromatic nitrogens is 3. The zero-order valence-corrected chi connectivity index (χ0v) is 8.88. The standard InChI is InChI=1S/C11H13N3O2/c1-7(16)10-9(6-15)13-14-11(10)8-3-2-4-12-5-8/h2-5,7,15-16H,6H2,1H3,(H,13,14). The Kier molecular flexibility index (Phi) is 2.98. The highest BCUT2D eigenvalue weighted by Gasteiger charge is 2.18. The van der Waals surface area contributed by atoms with Gasteiger partial charge in [0.2, 0.25) is 0 Å². The lowest BCUT2D eigenvalue weighted by Gasteiger charge is -2.06. The topological polar surface area (TPSA) is 82.0 Å². The van der Waals surface area contributed by atoms with Gasteiger partial charge in [0.15, 0.2) is 0 Å². The Hall–Kier alpha value is -1.72. The van der Waals surface area contributed by atoms with Gasteiger partial charge in [-0.25, -0.2) is 0 Å². The molecule has 2 aromatic rings. The minimum Gasteiger partial charge on any atom is -0.390 e. The van der Waals surface area contributed by atoms with Crippen LogP contribution in [-0.2, 0) is 6.61 Å². The van der Waals surface area contributed by atoms with Crippen molar-refractivity contribution in [3.63, 3.8) is 0 Å². The van der Waals surface area contributed by atoms with Crippen LogP contribution in [-0.4, -0.2) is 25.4 Å². The van der Waals surface area contributed by atoms with Crippen LogP contribution in [0.2, 0.25) is 0 Å². The van der Waals surface area contributed by atoms with E-state index < -0.39 is 6.10 Å². The van der Waals surface area contributed by atoms with Crippen LogP contribution in [0.4, 0.5) is 0 Å². The second-order valence-corrected chi connectivity index (χ2v) is 3.54. The Morgan fingerprint density at radius 2 is 2.31 bits per heavy atom. The van der Waals surface area contributed by atoms with Crippen molar-refractivity contribution in [3.05, 3.63) is 35.8 Å². The molecule has 2 rings (SSSR count). The molecule has 5 heteroatoms. The summed E-state index contributed by atoms with van der Waals surface area (Å²) in [6.45, 7) is 1.47. The molecule has 5 nitrogen and oxygen atoms in total. The molecule has 0 bridgehead atoms. The van der Waals surface area contributed by atoms with Gasteiger partial charge in [-0.2, -0.15) is 5.10 Å². The van der Waals surface area contributed by atoms with E-state index in [4.69, 9.17) is 5.11 Å². The number of aliphatic hydroxyl groups excluding tert-OH is 2. The molecule has 0 radical (unpaired) electrons. The van der Waals surface area contributed by atoms with Crippen LogP contribution in [0, 0.1) is 0 Å². The van der Waals surface area contributed by atoms with Crippen molar-refractivity contribution in [2.45, 2.75) is 19.6 Å². The number of hydrogen-bond donors (Lipinski definition) is 3. The number of nitrogens with zero attached hydrogens (tertiary/aromatic N) is 2. The number of rotatable bonds is 3. The molecule has 0 amide bonds. The molecule has 0 fully saturated rings. The smallest absolute Gasteiger partial charge is 0.0997 e.